The summed E-state index contributed by atoms with van der Waals surface area (Å²) in [5.41, 5.74) is 3.70. The Bertz CT molecular complexity index is 955. The zero-order valence-corrected chi connectivity index (χ0v) is 16.0. The van der Waals surface area contributed by atoms with E-state index in [9.17, 15) is 4.79 Å². The average molecular weight is 363 g/mol. The molecule has 0 saturated carbocycles. The highest BCUT2D eigenvalue weighted by molar-refractivity contribution is 5.93. The minimum absolute atomic E-state index is 0.00297. The van der Waals surface area contributed by atoms with Crippen LogP contribution in [0.25, 0.3) is 5.65 Å². The van der Waals surface area contributed by atoms with Gasteiger partial charge >= 0.3 is 0 Å². The standard InChI is InChI=1S/C21H25N5O/c1-21(2,3)16-6-4-15(5-7-16)18-14-22-11-13-25(18)20(27)17-9-12-26-19(24-17)8-10-23-26/h4-10,12,18,22H,11,13-14H2,1-3H3. The van der Waals surface area contributed by atoms with Crippen molar-refractivity contribution in [1.29, 1.82) is 0 Å². The summed E-state index contributed by atoms with van der Waals surface area (Å²) in [6.07, 6.45) is 3.46. The van der Waals surface area contributed by atoms with Crippen LogP contribution >= 0.6 is 0 Å². The maximum atomic E-state index is 13.2. The van der Waals surface area contributed by atoms with E-state index in [1.807, 2.05) is 4.90 Å². The zero-order valence-electron chi connectivity index (χ0n) is 16.0. The summed E-state index contributed by atoms with van der Waals surface area (Å²) in [6.45, 7) is 8.82. The molecule has 0 aliphatic carbocycles. The van der Waals surface area contributed by atoms with Gasteiger partial charge in [-0.25, -0.2) is 9.50 Å². The van der Waals surface area contributed by atoms with Gasteiger partial charge in [-0.3, -0.25) is 4.79 Å². The van der Waals surface area contributed by atoms with Crippen molar-refractivity contribution in [2.45, 2.75) is 32.2 Å². The van der Waals surface area contributed by atoms with E-state index in [1.54, 1.807) is 29.0 Å². The molecule has 6 heteroatoms. The van der Waals surface area contributed by atoms with E-state index in [2.05, 4.69) is 60.4 Å². The van der Waals surface area contributed by atoms with Crippen LogP contribution in [0.2, 0.25) is 0 Å². The normalized spacial score (nSPS) is 18.0. The smallest absolute Gasteiger partial charge is 0.273 e. The Morgan fingerprint density at radius 1 is 1.15 bits per heavy atom. The minimum atomic E-state index is -0.0369. The van der Waals surface area contributed by atoms with Crippen LogP contribution in [0.3, 0.4) is 0 Å². The molecule has 1 aliphatic rings. The number of benzene rings is 1. The van der Waals surface area contributed by atoms with Crippen molar-refractivity contribution >= 4 is 11.6 Å². The summed E-state index contributed by atoms with van der Waals surface area (Å²) >= 11 is 0. The molecule has 2 aromatic heterocycles. The SMILES string of the molecule is CC(C)(C)c1ccc(C2CNCCN2C(=O)c2ccn3nccc3n2)cc1. The zero-order chi connectivity index (χ0) is 19.0. The van der Waals surface area contributed by atoms with Gasteiger partial charge in [-0.1, -0.05) is 45.0 Å². The molecule has 4 rings (SSSR count). The Hall–Kier alpha value is -2.73. The second kappa shape index (κ2) is 6.78. The Labute approximate surface area is 159 Å². The molecule has 0 bridgehead atoms. The van der Waals surface area contributed by atoms with Crippen LogP contribution in [-0.2, 0) is 5.41 Å². The fourth-order valence-electron chi connectivity index (χ4n) is 3.53. The van der Waals surface area contributed by atoms with Crippen LogP contribution in [0, 0.1) is 0 Å². The molecule has 1 fully saturated rings. The van der Waals surface area contributed by atoms with Crippen molar-refractivity contribution < 1.29 is 4.79 Å². The largest absolute Gasteiger partial charge is 0.328 e. The number of hydrogen-bond acceptors (Lipinski definition) is 4. The molecule has 1 unspecified atom stereocenters. The van der Waals surface area contributed by atoms with E-state index >= 15 is 0 Å². The first-order chi connectivity index (χ1) is 12.9. The number of fused-ring (bicyclic) bond motifs is 1. The van der Waals surface area contributed by atoms with E-state index in [4.69, 9.17) is 0 Å². The van der Waals surface area contributed by atoms with Crippen molar-refractivity contribution in [3.8, 4) is 0 Å². The van der Waals surface area contributed by atoms with Crippen LogP contribution in [-0.4, -0.2) is 45.0 Å². The predicted molar refractivity (Wildman–Crippen MR) is 105 cm³/mol. The first-order valence-corrected chi connectivity index (χ1v) is 9.36. The van der Waals surface area contributed by atoms with Gasteiger partial charge in [0.25, 0.3) is 5.91 Å². The lowest BCUT2D eigenvalue weighted by Gasteiger charge is -2.36. The molecule has 1 N–H and O–H groups in total. The summed E-state index contributed by atoms with van der Waals surface area (Å²) in [5, 5.41) is 7.55. The maximum Gasteiger partial charge on any atom is 0.273 e. The minimum Gasteiger partial charge on any atom is -0.328 e. The van der Waals surface area contributed by atoms with Crippen LogP contribution in [0.5, 0.6) is 0 Å². The molecule has 6 nitrogen and oxygen atoms in total. The average Bonchev–Trinajstić information content (AvgIpc) is 3.14. The number of amides is 1. The number of carbonyl (C=O) groups is 1. The molecule has 1 saturated heterocycles. The highest BCUT2D eigenvalue weighted by atomic mass is 16.2. The van der Waals surface area contributed by atoms with Gasteiger partial charge in [0.1, 0.15) is 5.69 Å². The summed E-state index contributed by atoms with van der Waals surface area (Å²) in [5.74, 6) is -0.0369. The first kappa shape index (κ1) is 17.7. The molecule has 3 heterocycles. The third kappa shape index (κ3) is 3.45. The van der Waals surface area contributed by atoms with E-state index < -0.39 is 0 Å². The number of aromatic nitrogens is 3. The van der Waals surface area contributed by atoms with E-state index in [0.717, 1.165) is 18.7 Å². The Morgan fingerprint density at radius 2 is 1.93 bits per heavy atom. The number of nitrogens with one attached hydrogen (secondary N) is 1. The number of hydrogen-bond donors (Lipinski definition) is 1. The predicted octanol–water partition coefficient (Wildman–Crippen LogP) is 2.81. The molecule has 3 aromatic rings. The third-order valence-electron chi connectivity index (χ3n) is 5.14. The van der Waals surface area contributed by atoms with Gasteiger partial charge in [0, 0.05) is 31.9 Å². The monoisotopic (exact) mass is 363 g/mol. The maximum absolute atomic E-state index is 13.2. The topological polar surface area (TPSA) is 62.5 Å². The fourth-order valence-corrected chi connectivity index (χ4v) is 3.53. The molecule has 1 amide bonds. The van der Waals surface area contributed by atoms with Crippen LogP contribution < -0.4 is 5.32 Å². The summed E-state index contributed by atoms with van der Waals surface area (Å²) < 4.78 is 1.66. The van der Waals surface area contributed by atoms with Gasteiger partial charge in [-0.05, 0) is 22.6 Å². The van der Waals surface area contributed by atoms with Crippen molar-refractivity contribution in [3.63, 3.8) is 0 Å². The van der Waals surface area contributed by atoms with Crippen LogP contribution in [0.4, 0.5) is 0 Å². The summed E-state index contributed by atoms with van der Waals surface area (Å²) in [7, 11) is 0. The quantitative estimate of drug-likeness (QED) is 0.760. The second-order valence-corrected chi connectivity index (χ2v) is 8.04. The number of rotatable bonds is 2. The molecule has 27 heavy (non-hydrogen) atoms. The second-order valence-electron chi connectivity index (χ2n) is 8.04. The summed E-state index contributed by atoms with van der Waals surface area (Å²) in [4.78, 5) is 19.6. The van der Waals surface area contributed by atoms with Crippen LogP contribution in [0.15, 0.2) is 48.8 Å². The van der Waals surface area contributed by atoms with Gasteiger partial charge in [0.15, 0.2) is 5.65 Å². The molecule has 140 valence electrons. The number of nitrogens with zero attached hydrogens (tertiary/aromatic N) is 4. The lowest BCUT2D eigenvalue weighted by molar-refractivity contribution is 0.0628. The van der Waals surface area contributed by atoms with Crippen LogP contribution in [0.1, 0.15) is 48.4 Å². The van der Waals surface area contributed by atoms with Crippen molar-refractivity contribution in [2.75, 3.05) is 19.6 Å². The lowest BCUT2D eigenvalue weighted by Crippen LogP contribution is -2.48. The third-order valence-corrected chi connectivity index (χ3v) is 5.14. The van der Waals surface area contributed by atoms with E-state index in [1.165, 1.54) is 5.56 Å². The van der Waals surface area contributed by atoms with Gasteiger partial charge in [-0.15, -0.1) is 0 Å². The number of piperazine rings is 1. The highest BCUT2D eigenvalue weighted by Crippen LogP contribution is 2.27. The van der Waals surface area contributed by atoms with Gasteiger partial charge in [0.2, 0.25) is 0 Å². The van der Waals surface area contributed by atoms with E-state index in [-0.39, 0.29) is 17.4 Å². The number of carbonyl (C=O) groups excluding carboxylic acids is 1. The van der Waals surface area contributed by atoms with Gasteiger partial charge in [-0.2, -0.15) is 5.10 Å². The molecular weight excluding hydrogens is 338 g/mol. The van der Waals surface area contributed by atoms with Gasteiger partial charge in [0.05, 0.1) is 12.2 Å². The Kier molecular flexibility index (Phi) is 4.44. The van der Waals surface area contributed by atoms with Crippen molar-refractivity contribution in [2.24, 2.45) is 0 Å². The Balaban J connectivity index is 1.62. The molecule has 1 aliphatic heterocycles. The fraction of sp³-hybridized carbons (Fsp3) is 0.381. The molecule has 1 atom stereocenters. The van der Waals surface area contributed by atoms with Crippen molar-refractivity contribution in [3.05, 3.63) is 65.6 Å². The molecule has 0 spiro atoms. The first-order valence-electron chi connectivity index (χ1n) is 9.36. The summed E-state index contributed by atoms with van der Waals surface area (Å²) in [6, 6.07) is 12.2. The molecule has 1 aromatic carbocycles. The Morgan fingerprint density at radius 3 is 2.67 bits per heavy atom. The highest BCUT2D eigenvalue weighted by Gasteiger charge is 2.29. The van der Waals surface area contributed by atoms with Gasteiger partial charge < -0.3 is 10.2 Å². The molecule has 0 radical (unpaired) electrons. The van der Waals surface area contributed by atoms with E-state index in [0.29, 0.717) is 17.9 Å². The molecular formula is C21H25N5O. The lowest BCUT2D eigenvalue weighted by atomic mass is 9.86. The van der Waals surface area contributed by atoms with Crippen molar-refractivity contribution in [1.82, 2.24) is 24.8 Å².